The van der Waals surface area contributed by atoms with Crippen LogP contribution < -0.4 is 0 Å². The Balaban J connectivity index is 1.67. The van der Waals surface area contributed by atoms with Crippen LogP contribution in [-0.4, -0.2) is 53.0 Å². The molecule has 0 bridgehead atoms. The standard InChI is InChI=1S/C22H20BrClN4O/c1-27-8-10-28(11-9-27)21(15-4-2-3-5-17(15)24)22-25-13-19-20(26-22)16-12-14(23)6-7-18(16)29-19/h2-7,12-13,21H,8-11H2,1H3. The van der Waals surface area contributed by atoms with Crippen molar-refractivity contribution in [2.24, 2.45) is 0 Å². The molecular formula is C22H20BrClN4O. The molecule has 0 N–H and O–H groups in total. The summed E-state index contributed by atoms with van der Waals surface area (Å²) in [6, 6.07) is 13.8. The first kappa shape index (κ1) is 19.0. The average Bonchev–Trinajstić information content (AvgIpc) is 3.08. The molecule has 3 heterocycles. The van der Waals surface area contributed by atoms with Gasteiger partial charge in [-0.05, 0) is 36.9 Å². The lowest BCUT2D eigenvalue weighted by atomic mass is 10.0. The van der Waals surface area contributed by atoms with E-state index in [1.807, 2.05) is 36.4 Å². The quantitative estimate of drug-likeness (QED) is 0.414. The number of hydrogen-bond donors (Lipinski definition) is 0. The van der Waals surface area contributed by atoms with E-state index in [1.54, 1.807) is 6.20 Å². The van der Waals surface area contributed by atoms with Crippen molar-refractivity contribution in [3.8, 4) is 0 Å². The van der Waals surface area contributed by atoms with Gasteiger partial charge in [0.25, 0.3) is 0 Å². The van der Waals surface area contributed by atoms with Gasteiger partial charge in [0.15, 0.2) is 11.4 Å². The largest absolute Gasteiger partial charge is 0.453 e. The fourth-order valence-corrected chi connectivity index (χ4v) is 4.55. The van der Waals surface area contributed by atoms with Crippen molar-refractivity contribution in [3.63, 3.8) is 0 Å². The van der Waals surface area contributed by atoms with Gasteiger partial charge in [0, 0.05) is 41.1 Å². The summed E-state index contributed by atoms with van der Waals surface area (Å²) in [6.07, 6.45) is 1.78. The molecule has 0 saturated carbocycles. The lowest BCUT2D eigenvalue weighted by Crippen LogP contribution is -2.46. The first-order valence-electron chi connectivity index (χ1n) is 9.62. The zero-order chi connectivity index (χ0) is 20.0. The van der Waals surface area contributed by atoms with E-state index >= 15 is 0 Å². The van der Waals surface area contributed by atoms with Crippen molar-refractivity contribution in [2.45, 2.75) is 6.04 Å². The molecule has 1 fully saturated rings. The smallest absolute Gasteiger partial charge is 0.172 e. The number of aromatic nitrogens is 2. The third kappa shape index (κ3) is 3.55. The minimum atomic E-state index is -0.0982. The Morgan fingerprint density at radius 3 is 2.66 bits per heavy atom. The Bertz CT molecular complexity index is 1190. The number of rotatable bonds is 3. The zero-order valence-electron chi connectivity index (χ0n) is 16.0. The van der Waals surface area contributed by atoms with Gasteiger partial charge in [0.1, 0.15) is 11.1 Å². The summed E-state index contributed by atoms with van der Waals surface area (Å²) in [5.74, 6) is 0.748. The van der Waals surface area contributed by atoms with Crippen molar-refractivity contribution in [3.05, 3.63) is 69.5 Å². The predicted molar refractivity (Wildman–Crippen MR) is 119 cm³/mol. The van der Waals surface area contributed by atoms with Gasteiger partial charge in [-0.2, -0.15) is 0 Å². The Morgan fingerprint density at radius 1 is 1.07 bits per heavy atom. The Labute approximate surface area is 182 Å². The molecule has 5 nitrogen and oxygen atoms in total. The lowest BCUT2D eigenvalue weighted by Gasteiger charge is -2.37. The molecule has 1 saturated heterocycles. The highest BCUT2D eigenvalue weighted by molar-refractivity contribution is 9.10. The Morgan fingerprint density at radius 2 is 1.86 bits per heavy atom. The van der Waals surface area contributed by atoms with Gasteiger partial charge in [-0.1, -0.05) is 45.7 Å². The van der Waals surface area contributed by atoms with Gasteiger partial charge >= 0.3 is 0 Å². The van der Waals surface area contributed by atoms with E-state index in [2.05, 4.69) is 38.8 Å². The first-order valence-corrected chi connectivity index (χ1v) is 10.8. The molecule has 1 unspecified atom stereocenters. The van der Waals surface area contributed by atoms with E-state index in [4.69, 9.17) is 26.0 Å². The highest BCUT2D eigenvalue weighted by atomic mass is 79.9. The van der Waals surface area contributed by atoms with Crippen molar-refractivity contribution in [1.29, 1.82) is 0 Å². The van der Waals surface area contributed by atoms with E-state index in [9.17, 15) is 0 Å². The highest BCUT2D eigenvalue weighted by Gasteiger charge is 2.29. The van der Waals surface area contributed by atoms with E-state index in [0.717, 1.165) is 63.5 Å². The second kappa shape index (κ2) is 7.69. The van der Waals surface area contributed by atoms with Gasteiger partial charge in [-0.15, -0.1) is 0 Å². The van der Waals surface area contributed by atoms with Crippen molar-refractivity contribution >= 4 is 49.6 Å². The second-order valence-corrected chi connectivity index (χ2v) is 8.77. The maximum atomic E-state index is 6.61. The van der Waals surface area contributed by atoms with Crippen LogP contribution in [0.3, 0.4) is 0 Å². The molecule has 0 spiro atoms. The Kier molecular flexibility index (Phi) is 5.04. The Hall–Kier alpha value is -1.99. The minimum absolute atomic E-state index is 0.0982. The van der Waals surface area contributed by atoms with Gasteiger partial charge < -0.3 is 9.32 Å². The third-order valence-corrected chi connectivity index (χ3v) is 6.38. The van der Waals surface area contributed by atoms with E-state index in [0.29, 0.717) is 5.58 Å². The summed E-state index contributed by atoms with van der Waals surface area (Å²) in [5, 5.41) is 1.72. The first-order chi connectivity index (χ1) is 14.1. The SMILES string of the molecule is CN1CCN(C(c2ncc3oc4ccc(Br)cc4c3n2)c2ccccc2Cl)CC1. The van der Waals surface area contributed by atoms with Crippen LogP contribution in [0.25, 0.3) is 22.1 Å². The zero-order valence-corrected chi connectivity index (χ0v) is 18.3. The van der Waals surface area contributed by atoms with E-state index in [1.165, 1.54) is 0 Å². The number of piperazine rings is 1. The van der Waals surface area contributed by atoms with Crippen LogP contribution in [0.2, 0.25) is 5.02 Å². The number of benzene rings is 2. The predicted octanol–water partition coefficient (Wildman–Crippen LogP) is 5.13. The van der Waals surface area contributed by atoms with Gasteiger partial charge in [-0.25, -0.2) is 9.97 Å². The fourth-order valence-electron chi connectivity index (χ4n) is 3.95. The number of fused-ring (bicyclic) bond motifs is 3. The fraction of sp³-hybridized carbons (Fsp3) is 0.273. The van der Waals surface area contributed by atoms with E-state index < -0.39 is 0 Å². The van der Waals surface area contributed by atoms with Crippen LogP contribution in [0.1, 0.15) is 17.4 Å². The molecule has 0 amide bonds. The van der Waals surface area contributed by atoms with Crippen LogP contribution in [-0.2, 0) is 0 Å². The molecule has 4 aromatic rings. The van der Waals surface area contributed by atoms with Crippen molar-refractivity contribution in [2.75, 3.05) is 33.2 Å². The molecule has 5 rings (SSSR count). The van der Waals surface area contributed by atoms with Crippen molar-refractivity contribution < 1.29 is 4.42 Å². The summed E-state index contributed by atoms with van der Waals surface area (Å²) < 4.78 is 6.93. The van der Waals surface area contributed by atoms with Crippen LogP contribution in [0.4, 0.5) is 0 Å². The normalized spacial score (nSPS) is 17.2. The summed E-state index contributed by atoms with van der Waals surface area (Å²) in [4.78, 5) is 14.4. The van der Waals surface area contributed by atoms with Gasteiger partial charge in [-0.3, -0.25) is 4.90 Å². The molecular weight excluding hydrogens is 452 g/mol. The number of nitrogens with zero attached hydrogens (tertiary/aromatic N) is 4. The van der Waals surface area contributed by atoms with Crippen molar-refractivity contribution in [1.82, 2.24) is 19.8 Å². The molecule has 0 aliphatic carbocycles. The summed E-state index contributed by atoms with van der Waals surface area (Å²) >= 11 is 10.2. The minimum Gasteiger partial charge on any atom is -0.453 e. The molecule has 2 aromatic heterocycles. The molecule has 7 heteroatoms. The molecule has 1 atom stereocenters. The van der Waals surface area contributed by atoms with E-state index in [-0.39, 0.29) is 6.04 Å². The molecule has 1 aliphatic rings. The maximum absolute atomic E-state index is 6.61. The molecule has 2 aromatic carbocycles. The number of furan rings is 1. The van der Waals surface area contributed by atoms with Crippen LogP contribution in [0.15, 0.2) is 57.6 Å². The van der Waals surface area contributed by atoms with Crippen LogP contribution in [0.5, 0.6) is 0 Å². The third-order valence-electron chi connectivity index (χ3n) is 5.54. The summed E-state index contributed by atoms with van der Waals surface area (Å²) in [7, 11) is 2.15. The molecule has 0 radical (unpaired) electrons. The maximum Gasteiger partial charge on any atom is 0.172 e. The number of hydrogen-bond acceptors (Lipinski definition) is 5. The molecule has 1 aliphatic heterocycles. The van der Waals surface area contributed by atoms with Crippen LogP contribution >= 0.6 is 27.5 Å². The number of likely N-dealkylation sites (N-methyl/N-ethyl adjacent to an activating group) is 1. The monoisotopic (exact) mass is 470 g/mol. The lowest BCUT2D eigenvalue weighted by molar-refractivity contribution is 0.124. The number of halogens is 2. The topological polar surface area (TPSA) is 45.4 Å². The van der Waals surface area contributed by atoms with Gasteiger partial charge in [0.2, 0.25) is 0 Å². The molecule has 148 valence electrons. The second-order valence-electron chi connectivity index (χ2n) is 7.45. The van der Waals surface area contributed by atoms with Gasteiger partial charge in [0.05, 0.1) is 12.2 Å². The highest BCUT2D eigenvalue weighted by Crippen LogP contribution is 2.35. The average molecular weight is 472 g/mol. The summed E-state index contributed by atoms with van der Waals surface area (Å²) in [6.45, 7) is 3.88. The summed E-state index contributed by atoms with van der Waals surface area (Å²) in [5.41, 5.74) is 3.37. The molecule has 29 heavy (non-hydrogen) atoms. The van der Waals surface area contributed by atoms with Crippen LogP contribution in [0, 0.1) is 0 Å².